The van der Waals surface area contributed by atoms with Crippen molar-refractivity contribution in [2.75, 3.05) is 12.4 Å². The lowest BCUT2D eigenvalue weighted by molar-refractivity contribution is 0.0787. The first-order valence-corrected chi connectivity index (χ1v) is 9.00. The number of rotatable bonds is 5. The zero-order valence-electron chi connectivity index (χ0n) is 16.3. The number of benzene rings is 2. The molecule has 0 saturated carbocycles. The van der Waals surface area contributed by atoms with E-state index in [-0.39, 0.29) is 0 Å². The van der Waals surface area contributed by atoms with Crippen molar-refractivity contribution in [1.29, 1.82) is 0 Å². The Morgan fingerprint density at radius 1 is 1.14 bits per heavy atom. The highest BCUT2D eigenvalue weighted by atomic mass is 16.5. The summed E-state index contributed by atoms with van der Waals surface area (Å²) in [6.07, 6.45) is 3.78. The smallest absolute Gasteiger partial charge is 0.160 e. The highest BCUT2D eigenvalue weighted by Gasteiger charge is 2.18. The van der Waals surface area contributed by atoms with Gasteiger partial charge < -0.3 is 15.2 Å². The van der Waals surface area contributed by atoms with Crippen LogP contribution in [-0.2, 0) is 12.6 Å². The molecule has 0 atom stereocenters. The maximum atomic E-state index is 10.2. The predicted molar refractivity (Wildman–Crippen MR) is 110 cm³/mol. The Bertz CT molecular complexity index is 1140. The number of aromatic amines is 1. The van der Waals surface area contributed by atoms with Crippen molar-refractivity contribution >= 4 is 22.4 Å². The van der Waals surface area contributed by atoms with Crippen LogP contribution in [0.3, 0.4) is 0 Å². The van der Waals surface area contributed by atoms with Crippen molar-refractivity contribution in [2.45, 2.75) is 19.4 Å². The van der Waals surface area contributed by atoms with E-state index in [1.807, 2.05) is 55.8 Å². The molecule has 0 spiro atoms. The number of nitrogens with zero attached hydrogens (tertiary/aromatic N) is 3. The van der Waals surface area contributed by atoms with E-state index < -0.39 is 5.60 Å². The summed E-state index contributed by atoms with van der Waals surface area (Å²) in [4.78, 5) is 0. The zero-order chi connectivity index (χ0) is 19.9. The number of aromatic nitrogens is 4. The fraction of sp³-hybridized carbons (Fsp3) is 0.238. The average molecular weight is 377 g/mol. The van der Waals surface area contributed by atoms with Crippen molar-refractivity contribution in [2.24, 2.45) is 7.05 Å². The molecule has 4 rings (SSSR count). The van der Waals surface area contributed by atoms with Gasteiger partial charge in [-0.1, -0.05) is 12.1 Å². The van der Waals surface area contributed by atoms with Crippen LogP contribution >= 0.6 is 0 Å². The fourth-order valence-corrected chi connectivity index (χ4v) is 3.17. The van der Waals surface area contributed by atoms with Gasteiger partial charge in [0, 0.05) is 24.2 Å². The standard InChI is InChI=1S/C21H23N5O2/c1-21(2,27)15-6-7-16-18(10-15)24-25-20(16)23-17-8-5-13(9-19(17)28-4)14-11-22-26(3)12-14/h5-12,27H,1-4H3,(H2,23,24,25). The minimum Gasteiger partial charge on any atom is -0.495 e. The van der Waals surface area contributed by atoms with Gasteiger partial charge in [-0.25, -0.2) is 0 Å². The summed E-state index contributed by atoms with van der Waals surface area (Å²) in [6, 6.07) is 11.7. The molecule has 7 nitrogen and oxygen atoms in total. The second-order valence-electron chi connectivity index (χ2n) is 7.33. The van der Waals surface area contributed by atoms with Gasteiger partial charge in [0.1, 0.15) is 5.75 Å². The van der Waals surface area contributed by atoms with Gasteiger partial charge >= 0.3 is 0 Å². The summed E-state index contributed by atoms with van der Waals surface area (Å²) in [5.41, 5.74) is 3.64. The quantitative estimate of drug-likeness (QED) is 0.490. The molecule has 0 bridgehead atoms. The van der Waals surface area contributed by atoms with E-state index in [0.717, 1.165) is 33.3 Å². The number of fused-ring (bicyclic) bond motifs is 1. The van der Waals surface area contributed by atoms with Crippen molar-refractivity contribution in [3.63, 3.8) is 0 Å². The number of nitrogens with one attached hydrogen (secondary N) is 2. The molecule has 4 aromatic rings. The zero-order valence-corrected chi connectivity index (χ0v) is 16.3. The maximum absolute atomic E-state index is 10.2. The van der Waals surface area contributed by atoms with Crippen LogP contribution in [0.5, 0.6) is 5.75 Å². The minimum atomic E-state index is -0.905. The Labute approximate surface area is 163 Å². The highest BCUT2D eigenvalue weighted by Crippen LogP contribution is 2.34. The molecule has 2 aromatic carbocycles. The molecule has 144 valence electrons. The third-order valence-corrected chi connectivity index (χ3v) is 4.76. The molecule has 0 saturated heterocycles. The SMILES string of the molecule is COc1cc(-c2cnn(C)c2)ccc1Nc1n[nH]c2cc(C(C)(C)O)ccc12. The van der Waals surface area contributed by atoms with Crippen LogP contribution in [0, 0.1) is 0 Å². The normalized spacial score (nSPS) is 11.8. The second kappa shape index (κ2) is 6.69. The molecule has 0 aliphatic heterocycles. The average Bonchev–Trinajstić information content (AvgIpc) is 3.27. The van der Waals surface area contributed by atoms with Crippen molar-refractivity contribution in [3.05, 3.63) is 54.4 Å². The number of aliphatic hydroxyl groups is 1. The van der Waals surface area contributed by atoms with E-state index in [1.54, 1.807) is 25.6 Å². The Morgan fingerprint density at radius 2 is 1.96 bits per heavy atom. The molecule has 0 fully saturated rings. The fourth-order valence-electron chi connectivity index (χ4n) is 3.17. The van der Waals surface area contributed by atoms with Crippen LogP contribution in [-0.4, -0.2) is 32.2 Å². The lowest BCUT2D eigenvalue weighted by atomic mass is 9.97. The number of hydrogen-bond acceptors (Lipinski definition) is 5. The number of methoxy groups -OCH3 is 1. The lowest BCUT2D eigenvalue weighted by Crippen LogP contribution is -2.14. The van der Waals surface area contributed by atoms with Crippen LogP contribution in [0.2, 0.25) is 0 Å². The predicted octanol–water partition coefficient (Wildman–Crippen LogP) is 3.94. The number of hydrogen-bond donors (Lipinski definition) is 3. The number of ether oxygens (including phenoxy) is 1. The molecule has 0 aliphatic rings. The van der Waals surface area contributed by atoms with Crippen LogP contribution < -0.4 is 10.1 Å². The van der Waals surface area contributed by atoms with Crippen LogP contribution in [0.25, 0.3) is 22.0 Å². The summed E-state index contributed by atoms with van der Waals surface area (Å²) in [7, 11) is 3.54. The van der Waals surface area contributed by atoms with Crippen molar-refractivity contribution in [1.82, 2.24) is 20.0 Å². The molecule has 2 aromatic heterocycles. The van der Waals surface area contributed by atoms with Gasteiger partial charge in [-0.2, -0.15) is 10.2 Å². The number of H-pyrrole nitrogens is 1. The van der Waals surface area contributed by atoms with Gasteiger partial charge in [0.15, 0.2) is 5.82 Å². The van der Waals surface area contributed by atoms with Gasteiger partial charge in [-0.05, 0) is 49.2 Å². The highest BCUT2D eigenvalue weighted by molar-refractivity contribution is 5.92. The Hall–Kier alpha value is -3.32. The minimum absolute atomic E-state index is 0.699. The Morgan fingerprint density at radius 3 is 2.64 bits per heavy atom. The van der Waals surface area contributed by atoms with Crippen molar-refractivity contribution in [3.8, 4) is 16.9 Å². The number of anilines is 2. The lowest BCUT2D eigenvalue weighted by Gasteiger charge is -2.17. The summed E-state index contributed by atoms with van der Waals surface area (Å²) in [5, 5.41) is 26.1. The van der Waals surface area contributed by atoms with Crippen LogP contribution in [0.4, 0.5) is 11.5 Å². The largest absolute Gasteiger partial charge is 0.495 e. The monoisotopic (exact) mass is 377 g/mol. The van der Waals surface area contributed by atoms with E-state index >= 15 is 0 Å². The Kier molecular flexibility index (Phi) is 4.31. The van der Waals surface area contributed by atoms with E-state index in [0.29, 0.717) is 11.6 Å². The van der Waals surface area contributed by atoms with Crippen molar-refractivity contribution < 1.29 is 9.84 Å². The molecular formula is C21H23N5O2. The van der Waals surface area contributed by atoms with Gasteiger partial charge in [0.2, 0.25) is 0 Å². The third kappa shape index (κ3) is 3.32. The molecule has 0 aliphatic carbocycles. The van der Waals surface area contributed by atoms with E-state index in [1.165, 1.54) is 0 Å². The second-order valence-corrected chi connectivity index (χ2v) is 7.33. The maximum Gasteiger partial charge on any atom is 0.160 e. The molecule has 28 heavy (non-hydrogen) atoms. The van der Waals surface area contributed by atoms with Gasteiger partial charge in [0.25, 0.3) is 0 Å². The summed E-state index contributed by atoms with van der Waals surface area (Å²) in [6.45, 7) is 3.52. The number of aryl methyl sites for hydroxylation is 1. The molecule has 0 radical (unpaired) electrons. The summed E-state index contributed by atoms with van der Waals surface area (Å²) in [5.74, 6) is 1.41. The summed E-state index contributed by atoms with van der Waals surface area (Å²) >= 11 is 0. The Balaban J connectivity index is 1.67. The molecule has 2 heterocycles. The summed E-state index contributed by atoms with van der Waals surface area (Å²) < 4.78 is 7.35. The van der Waals surface area contributed by atoms with Gasteiger partial charge in [-0.3, -0.25) is 9.78 Å². The molecule has 7 heteroatoms. The van der Waals surface area contributed by atoms with Crippen LogP contribution in [0.15, 0.2) is 48.8 Å². The molecule has 0 unspecified atom stereocenters. The molecular weight excluding hydrogens is 354 g/mol. The first-order valence-electron chi connectivity index (χ1n) is 9.00. The first-order chi connectivity index (χ1) is 13.3. The van der Waals surface area contributed by atoms with E-state index in [9.17, 15) is 5.11 Å². The third-order valence-electron chi connectivity index (χ3n) is 4.76. The van der Waals surface area contributed by atoms with Crippen LogP contribution in [0.1, 0.15) is 19.4 Å². The topological polar surface area (TPSA) is 88.0 Å². The molecule has 0 amide bonds. The van der Waals surface area contributed by atoms with E-state index in [4.69, 9.17) is 4.74 Å². The van der Waals surface area contributed by atoms with E-state index in [2.05, 4.69) is 20.6 Å². The van der Waals surface area contributed by atoms with Gasteiger partial charge in [-0.15, -0.1) is 0 Å². The van der Waals surface area contributed by atoms with Gasteiger partial charge in [0.05, 0.1) is 30.1 Å². The molecule has 3 N–H and O–H groups in total. The first kappa shape index (κ1) is 18.1.